The topological polar surface area (TPSA) is 93.7 Å². The normalized spacial score (nSPS) is 15.5. The van der Waals surface area contributed by atoms with Gasteiger partial charge in [-0.1, -0.05) is 11.6 Å². The molecule has 1 fully saturated rings. The predicted molar refractivity (Wildman–Crippen MR) is 97.6 cm³/mol. The highest BCUT2D eigenvalue weighted by Gasteiger charge is 2.24. The molecule has 1 aliphatic heterocycles. The number of nitrogen functional groups attached to an aromatic ring is 1. The van der Waals surface area contributed by atoms with Gasteiger partial charge in [0.05, 0.1) is 28.4 Å². The molecule has 0 unspecified atom stereocenters. The molecule has 3 aromatic rings. The fourth-order valence-electron chi connectivity index (χ4n) is 2.49. The Bertz CT molecular complexity index is 1030. The van der Waals surface area contributed by atoms with Gasteiger partial charge in [0.2, 0.25) is 0 Å². The van der Waals surface area contributed by atoms with Gasteiger partial charge in [-0.2, -0.15) is 5.26 Å². The highest BCUT2D eigenvalue weighted by molar-refractivity contribution is 6.33. The summed E-state index contributed by atoms with van der Waals surface area (Å²) in [5, 5.41) is 10.6. The molecule has 0 amide bonds. The third-order valence-electron chi connectivity index (χ3n) is 3.95. The van der Waals surface area contributed by atoms with Crippen molar-refractivity contribution in [2.24, 2.45) is 0 Å². The Morgan fingerprint density at radius 2 is 2.12 bits per heavy atom. The number of hydrogen-bond donors (Lipinski definition) is 1. The number of anilines is 1. The van der Waals surface area contributed by atoms with Crippen LogP contribution in [-0.4, -0.2) is 24.3 Å². The van der Waals surface area contributed by atoms with Gasteiger partial charge >= 0.3 is 0 Å². The first-order valence-electron chi connectivity index (χ1n) is 7.94. The van der Waals surface area contributed by atoms with Gasteiger partial charge < -0.3 is 19.9 Å². The molecular weight excluding hydrogens is 354 g/mol. The Labute approximate surface area is 154 Å². The van der Waals surface area contributed by atoms with Crippen molar-refractivity contribution in [2.45, 2.75) is 6.10 Å². The average molecular weight is 368 g/mol. The van der Waals surface area contributed by atoms with Crippen molar-refractivity contribution >= 4 is 28.2 Å². The quantitative estimate of drug-likeness (QED) is 0.542. The number of ether oxygens (including phenoxy) is 3. The summed E-state index contributed by atoms with van der Waals surface area (Å²) in [7, 11) is 0. The predicted octanol–water partition coefficient (Wildman–Crippen LogP) is 3.91. The first kappa shape index (κ1) is 16.5. The van der Waals surface area contributed by atoms with E-state index in [1.165, 1.54) is 0 Å². The van der Waals surface area contributed by atoms with Crippen molar-refractivity contribution in [3.05, 3.63) is 53.2 Å². The molecule has 7 heteroatoms. The molecule has 4 rings (SSSR count). The van der Waals surface area contributed by atoms with Crippen molar-refractivity contribution < 1.29 is 14.2 Å². The van der Waals surface area contributed by atoms with Crippen LogP contribution in [0.1, 0.15) is 5.56 Å². The molecule has 2 N–H and O–H groups in total. The Kier molecular flexibility index (Phi) is 4.25. The molecule has 1 aromatic heterocycles. The Balaban J connectivity index is 1.70. The van der Waals surface area contributed by atoms with E-state index in [1.54, 1.807) is 42.6 Å². The molecule has 0 spiro atoms. The number of aromatic nitrogens is 1. The molecule has 130 valence electrons. The minimum absolute atomic E-state index is 0.107. The second kappa shape index (κ2) is 6.71. The number of nitrogens with two attached hydrogens (primary N) is 1. The largest absolute Gasteiger partial charge is 0.489 e. The summed E-state index contributed by atoms with van der Waals surface area (Å²) in [6, 6.07) is 12.4. The van der Waals surface area contributed by atoms with E-state index in [9.17, 15) is 5.26 Å². The number of epoxide rings is 1. The molecule has 0 bridgehead atoms. The van der Waals surface area contributed by atoms with Gasteiger partial charge in [-0.3, -0.25) is 4.98 Å². The summed E-state index contributed by atoms with van der Waals surface area (Å²) in [6.07, 6.45) is 1.74. The van der Waals surface area contributed by atoms with Crippen LogP contribution in [0.3, 0.4) is 0 Å². The number of pyridine rings is 1. The zero-order valence-corrected chi connectivity index (χ0v) is 14.4. The van der Waals surface area contributed by atoms with Crippen LogP contribution in [0.25, 0.3) is 10.9 Å². The molecule has 1 saturated heterocycles. The van der Waals surface area contributed by atoms with E-state index in [0.29, 0.717) is 57.6 Å². The van der Waals surface area contributed by atoms with Crippen LogP contribution in [0.5, 0.6) is 17.2 Å². The van der Waals surface area contributed by atoms with Crippen LogP contribution in [0, 0.1) is 11.3 Å². The number of hydrogen-bond acceptors (Lipinski definition) is 6. The van der Waals surface area contributed by atoms with E-state index in [0.717, 1.165) is 0 Å². The van der Waals surface area contributed by atoms with Crippen LogP contribution < -0.4 is 15.2 Å². The number of fused-ring (bicyclic) bond motifs is 1. The number of halogens is 1. The first-order chi connectivity index (χ1) is 12.6. The third kappa shape index (κ3) is 3.36. The summed E-state index contributed by atoms with van der Waals surface area (Å²) < 4.78 is 16.7. The van der Waals surface area contributed by atoms with E-state index >= 15 is 0 Å². The number of rotatable bonds is 5. The van der Waals surface area contributed by atoms with Crippen LogP contribution >= 0.6 is 11.6 Å². The van der Waals surface area contributed by atoms with Crippen LogP contribution in [0.15, 0.2) is 42.6 Å². The Morgan fingerprint density at radius 3 is 2.85 bits per heavy atom. The molecule has 2 heterocycles. The van der Waals surface area contributed by atoms with Crippen LogP contribution in [-0.2, 0) is 4.74 Å². The Hall–Kier alpha value is -3.01. The first-order valence-corrected chi connectivity index (χ1v) is 8.32. The van der Waals surface area contributed by atoms with Crippen molar-refractivity contribution in [3.8, 4) is 23.3 Å². The smallest absolute Gasteiger partial charge is 0.139 e. The second-order valence-electron chi connectivity index (χ2n) is 5.84. The van der Waals surface area contributed by atoms with Gasteiger partial charge in [-0.25, -0.2) is 0 Å². The summed E-state index contributed by atoms with van der Waals surface area (Å²) in [4.78, 5) is 4.35. The van der Waals surface area contributed by atoms with E-state index in [2.05, 4.69) is 11.1 Å². The number of nitriles is 1. The number of nitrogens with zero attached hydrogens (tertiary/aromatic N) is 2. The van der Waals surface area contributed by atoms with E-state index < -0.39 is 0 Å². The fraction of sp³-hybridized carbons (Fsp3) is 0.158. The van der Waals surface area contributed by atoms with Gasteiger partial charge in [0.1, 0.15) is 36.0 Å². The van der Waals surface area contributed by atoms with Gasteiger partial charge in [-0.15, -0.1) is 0 Å². The second-order valence-corrected chi connectivity index (χ2v) is 6.25. The zero-order chi connectivity index (χ0) is 18.1. The molecule has 0 aliphatic carbocycles. The van der Waals surface area contributed by atoms with Crippen molar-refractivity contribution in [1.29, 1.82) is 5.26 Å². The third-order valence-corrected chi connectivity index (χ3v) is 4.28. The van der Waals surface area contributed by atoms with Gasteiger partial charge in [0.25, 0.3) is 0 Å². The van der Waals surface area contributed by atoms with Crippen molar-refractivity contribution in [1.82, 2.24) is 4.98 Å². The maximum absolute atomic E-state index is 9.45. The highest BCUT2D eigenvalue weighted by atomic mass is 35.5. The molecule has 26 heavy (non-hydrogen) atoms. The SMILES string of the molecule is N#Cc1cc2c(Oc3ccc(N)c(Cl)c3)ccnc2cc1OC[C@@H]1CO1. The van der Waals surface area contributed by atoms with Crippen molar-refractivity contribution in [2.75, 3.05) is 18.9 Å². The molecule has 1 atom stereocenters. The minimum atomic E-state index is 0.107. The maximum atomic E-state index is 9.45. The van der Waals surface area contributed by atoms with Gasteiger partial charge in [0, 0.05) is 23.7 Å². The lowest BCUT2D eigenvalue weighted by molar-refractivity contribution is 0.262. The molecule has 0 saturated carbocycles. The lowest BCUT2D eigenvalue weighted by Crippen LogP contribution is -2.05. The number of benzene rings is 2. The van der Waals surface area contributed by atoms with Crippen molar-refractivity contribution in [3.63, 3.8) is 0 Å². The molecule has 0 radical (unpaired) electrons. The standard InChI is InChI=1S/C19H14ClN3O3/c20-15-6-12(1-2-16(15)22)26-18-3-4-23-17-7-19(25-10-13-9-24-13)11(8-21)5-14(17)18/h1-7,13H,9-10,22H2/t13-/m0/s1. The highest BCUT2D eigenvalue weighted by Crippen LogP contribution is 2.34. The lowest BCUT2D eigenvalue weighted by atomic mass is 10.1. The lowest BCUT2D eigenvalue weighted by Gasteiger charge is -2.12. The zero-order valence-electron chi connectivity index (χ0n) is 13.6. The summed E-state index contributed by atoms with van der Waals surface area (Å²) in [5.41, 5.74) is 7.27. The monoisotopic (exact) mass is 367 g/mol. The summed E-state index contributed by atoms with van der Waals surface area (Å²) >= 11 is 6.04. The minimum Gasteiger partial charge on any atom is -0.489 e. The fourth-order valence-corrected chi connectivity index (χ4v) is 2.66. The molecule has 1 aliphatic rings. The molecular formula is C19H14ClN3O3. The van der Waals surface area contributed by atoms with E-state index in [4.69, 9.17) is 31.5 Å². The Morgan fingerprint density at radius 1 is 1.27 bits per heavy atom. The van der Waals surface area contributed by atoms with Crippen LogP contribution in [0.4, 0.5) is 5.69 Å². The maximum Gasteiger partial charge on any atom is 0.139 e. The van der Waals surface area contributed by atoms with E-state index in [-0.39, 0.29) is 6.10 Å². The van der Waals surface area contributed by atoms with Crippen LogP contribution in [0.2, 0.25) is 5.02 Å². The molecule has 2 aromatic carbocycles. The molecule has 6 nitrogen and oxygen atoms in total. The van der Waals surface area contributed by atoms with E-state index in [1.807, 2.05) is 0 Å². The average Bonchev–Trinajstić information content (AvgIpc) is 3.47. The summed E-state index contributed by atoms with van der Waals surface area (Å²) in [6.45, 7) is 1.11. The summed E-state index contributed by atoms with van der Waals surface area (Å²) in [5.74, 6) is 1.58. The van der Waals surface area contributed by atoms with Gasteiger partial charge in [-0.05, 0) is 24.3 Å². The van der Waals surface area contributed by atoms with Gasteiger partial charge in [0.15, 0.2) is 0 Å².